The number of furan rings is 1. The summed E-state index contributed by atoms with van der Waals surface area (Å²) in [5.74, 6) is 0.0575. The lowest BCUT2D eigenvalue weighted by Gasteiger charge is -2.19. The lowest BCUT2D eigenvalue weighted by atomic mass is 9.96. The van der Waals surface area contributed by atoms with Crippen molar-refractivity contribution in [3.63, 3.8) is 0 Å². The second kappa shape index (κ2) is 9.97. The second-order valence-corrected chi connectivity index (χ2v) is 9.45. The minimum Gasteiger partial charge on any atom is -0.493 e. The average molecular weight is 489 g/mol. The number of Topliss-reactive ketones (excluding diaryl/α,β-unsaturated/α-hetero) is 1. The standard InChI is InChI=1S/C30H29FO5/c1-6-24(32)27-23-16-22(19-9-8-10-20(15-19)29(33)36-30(3,4)5)25(34-7-2)17-26(23)35-28(27)18-11-13-21(31)14-12-18/h8-17H,6-7H2,1-5H3. The fourth-order valence-electron chi connectivity index (χ4n) is 4.03. The Morgan fingerprint density at radius 1 is 0.944 bits per heavy atom. The van der Waals surface area contributed by atoms with E-state index >= 15 is 0 Å². The number of carbonyl (C=O) groups is 2. The summed E-state index contributed by atoms with van der Waals surface area (Å²) in [6.45, 7) is 9.54. The van der Waals surface area contributed by atoms with Gasteiger partial charge in [-0.3, -0.25) is 4.79 Å². The Labute approximate surface area is 209 Å². The molecule has 0 aliphatic rings. The maximum Gasteiger partial charge on any atom is 0.338 e. The first-order valence-corrected chi connectivity index (χ1v) is 12.0. The molecular formula is C30H29FO5. The van der Waals surface area contributed by atoms with Crippen LogP contribution in [0.15, 0.2) is 65.1 Å². The summed E-state index contributed by atoms with van der Waals surface area (Å²) in [5.41, 5.74) is 2.78. The van der Waals surface area contributed by atoms with E-state index in [-0.39, 0.29) is 18.0 Å². The van der Waals surface area contributed by atoms with Crippen LogP contribution < -0.4 is 4.74 Å². The van der Waals surface area contributed by atoms with Crippen molar-refractivity contribution in [3.8, 4) is 28.2 Å². The fraction of sp³-hybridized carbons (Fsp3) is 0.267. The van der Waals surface area contributed by atoms with Gasteiger partial charge in [0.1, 0.15) is 28.5 Å². The van der Waals surface area contributed by atoms with Crippen molar-refractivity contribution in [2.45, 2.75) is 46.6 Å². The highest BCUT2D eigenvalue weighted by molar-refractivity contribution is 6.13. The molecule has 36 heavy (non-hydrogen) atoms. The minimum atomic E-state index is -0.620. The molecule has 0 aliphatic heterocycles. The predicted molar refractivity (Wildman–Crippen MR) is 138 cm³/mol. The molecule has 0 radical (unpaired) electrons. The molecule has 186 valence electrons. The maximum atomic E-state index is 13.5. The van der Waals surface area contributed by atoms with Crippen molar-refractivity contribution in [1.29, 1.82) is 0 Å². The maximum absolute atomic E-state index is 13.5. The molecule has 0 unspecified atom stereocenters. The molecule has 4 aromatic rings. The molecular weight excluding hydrogens is 459 g/mol. The Kier molecular flexibility index (Phi) is 6.97. The van der Waals surface area contributed by atoms with E-state index in [1.807, 2.05) is 39.8 Å². The van der Waals surface area contributed by atoms with Crippen LogP contribution in [-0.2, 0) is 4.74 Å². The quantitative estimate of drug-likeness (QED) is 0.196. The molecule has 0 saturated carbocycles. The van der Waals surface area contributed by atoms with Gasteiger partial charge in [-0.2, -0.15) is 0 Å². The van der Waals surface area contributed by atoms with Crippen LogP contribution in [0.5, 0.6) is 5.75 Å². The fourth-order valence-corrected chi connectivity index (χ4v) is 4.03. The zero-order valence-electron chi connectivity index (χ0n) is 21.1. The van der Waals surface area contributed by atoms with Crippen LogP contribution in [0.1, 0.15) is 61.8 Å². The topological polar surface area (TPSA) is 65.7 Å². The summed E-state index contributed by atoms with van der Waals surface area (Å²) in [4.78, 5) is 25.8. The molecule has 6 heteroatoms. The summed E-state index contributed by atoms with van der Waals surface area (Å²) >= 11 is 0. The van der Waals surface area contributed by atoms with E-state index < -0.39 is 11.6 Å². The third kappa shape index (κ3) is 5.18. The van der Waals surface area contributed by atoms with Crippen LogP contribution in [0.2, 0.25) is 0 Å². The Morgan fingerprint density at radius 2 is 1.67 bits per heavy atom. The lowest BCUT2D eigenvalue weighted by molar-refractivity contribution is 0.00694. The molecule has 5 nitrogen and oxygen atoms in total. The van der Waals surface area contributed by atoms with Gasteiger partial charge in [-0.15, -0.1) is 0 Å². The minimum absolute atomic E-state index is 0.0920. The van der Waals surface area contributed by atoms with Crippen LogP contribution in [-0.4, -0.2) is 24.0 Å². The number of carbonyl (C=O) groups excluding carboxylic acids is 2. The Morgan fingerprint density at radius 3 is 2.31 bits per heavy atom. The summed E-state index contributed by atoms with van der Waals surface area (Å²) in [6.07, 6.45) is 0.277. The second-order valence-electron chi connectivity index (χ2n) is 9.45. The Balaban J connectivity index is 1.92. The number of esters is 1. The molecule has 0 N–H and O–H groups in total. The van der Waals surface area contributed by atoms with E-state index in [1.54, 1.807) is 43.3 Å². The van der Waals surface area contributed by atoms with Gasteiger partial charge < -0.3 is 13.9 Å². The van der Waals surface area contributed by atoms with Crippen molar-refractivity contribution < 1.29 is 27.9 Å². The number of benzene rings is 3. The van der Waals surface area contributed by atoms with Crippen molar-refractivity contribution >= 4 is 22.7 Å². The predicted octanol–water partition coefficient (Wildman–Crippen LogP) is 7.85. The van der Waals surface area contributed by atoms with Crippen LogP contribution in [0.25, 0.3) is 33.4 Å². The Hall–Kier alpha value is -3.93. The van der Waals surface area contributed by atoms with E-state index in [0.29, 0.717) is 51.3 Å². The van der Waals surface area contributed by atoms with Gasteiger partial charge in [0.05, 0.1) is 17.7 Å². The molecule has 3 aromatic carbocycles. The van der Waals surface area contributed by atoms with E-state index in [4.69, 9.17) is 13.9 Å². The largest absolute Gasteiger partial charge is 0.493 e. The molecule has 0 spiro atoms. The molecule has 1 aromatic heterocycles. The molecule has 0 atom stereocenters. The summed E-state index contributed by atoms with van der Waals surface area (Å²) in [6, 6.07) is 16.6. The average Bonchev–Trinajstić information content (AvgIpc) is 3.21. The smallest absolute Gasteiger partial charge is 0.338 e. The third-order valence-electron chi connectivity index (χ3n) is 5.60. The van der Waals surface area contributed by atoms with Gasteiger partial charge in [-0.25, -0.2) is 9.18 Å². The van der Waals surface area contributed by atoms with Crippen LogP contribution in [0.4, 0.5) is 4.39 Å². The SMILES string of the molecule is CCOc1cc2oc(-c3ccc(F)cc3)c(C(=O)CC)c2cc1-c1cccc(C(=O)OC(C)(C)C)c1. The summed E-state index contributed by atoms with van der Waals surface area (Å²) in [7, 11) is 0. The molecule has 0 amide bonds. The zero-order chi connectivity index (χ0) is 26.0. The lowest BCUT2D eigenvalue weighted by Crippen LogP contribution is -2.23. The van der Waals surface area contributed by atoms with Gasteiger partial charge in [0.2, 0.25) is 0 Å². The van der Waals surface area contributed by atoms with Crippen LogP contribution in [0.3, 0.4) is 0 Å². The third-order valence-corrected chi connectivity index (χ3v) is 5.60. The molecule has 4 rings (SSSR count). The number of fused-ring (bicyclic) bond motifs is 1. The first kappa shape index (κ1) is 25.2. The number of ketones is 1. The first-order valence-electron chi connectivity index (χ1n) is 12.0. The van der Waals surface area contributed by atoms with Gasteiger partial charge in [0.25, 0.3) is 0 Å². The van der Waals surface area contributed by atoms with E-state index in [2.05, 4.69) is 0 Å². The van der Waals surface area contributed by atoms with Gasteiger partial charge in [0.15, 0.2) is 5.78 Å². The van der Waals surface area contributed by atoms with E-state index in [9.17, 15) is 14.0 Å². The molecule has 0 fully saturated rings. The van der Waals surface area contributed by atoms with Gasteiger partial charge in [0, 0.05) is 29.0 Å². The van der Waals surface area contributed by atoms with Crippen molar-refractivity contribution in [2.24, 2.45) is 0 Å². The number of rotatable bonds is 7. The van der Waals surface area contributed by atoms with Crippen LogP contribution >= 0.6 is 0 Å². The number of ether oxygens (including phenoxy) is 2. The Bertz CT molecular complexity index is 1420. The normalized spacial score (nSPS) is 11.5. The van der Waals surface area contributed by atoms with Gasteiger partial charge in [-0.1, -0.05) is 19.1 Å². The monoisotopic (exact) mass is 488 g/mol. The van der Waals surface area contributed by atoms with E-state index in [1.165, 1.54) is 12.1 Å². The highest BCUT2D eigenvalue weighted by atomic mass is 19.1. The summed E-state index contributed by atoms with van der Waals surface area (Å²) < 4.78 is 31.1. The summed E-state index contributed by atoms with van der Waals surface area (Å²) in [5, 5.41) is 0.627. The number of hydrogen-bond acceptors (Lipinski definition) is 5. The first-order chi connectivity index (χ1) is 17.1. The molecule has 1 heterocycles. The van der Waals surface area contributed by atoms with Crippen molar-refractivity contribution in [1.82, 2.24) is 0 Å². The van der Waals surface area contributed by atoms with Gasteiger partial charge in [-0.05, 0) is 75.7 Å². The highest BCUT2D eigenvalue weighted by Gasteiger charge is 2.24. The molecule has 0 aliphatic carbocycles. The van der Waals surface area contributed by atoms with E-state index in [0.717, 1.165) is 5.56 Å². The molecule has 0 saturated heterocycles. The van der Waals surface area contributed by atoms with Crippen molar-refractivity contribution in [3.05, 3.63) is 77.6 Å². The zero-order valence-corrected chi connectivity index (χ0v) is 21.1. The number of halogens is 1. The van der Waals surface area contributed by atoms with Crippen LogP contribution in [0, 0.1) is 5.82 Å². The van der Waals surface area contributed by atoms with Gasteiger partial charge >= 0.3 is 5.97 Å². The van der Waals surface area contributed by atoms with Crippen molar-refractivity contribution in [2.75, 3.05) is 6.61 Å². The number of hydrogen-bond donors (Lipinski definition) is 0. The molecule has 0 bridgehead atoms. The highest BCUT2D eigenvalue weighted by Crippen LogP contribution is 2.41.